The second kappa shape index (κ2) is 6.35. The third-order valence-electron chi connectivity index (χ3n) is 3.64. The van der Waals surface area contributed by atoms with E-state index in [1.807, 2.05) is 54.7 Å². The van der Waals surface area contributed by atoms with Crippen molar-refractivity contribution in [3.05, 3.63) is 60.3 Å². The number of aromatic amines is 1. The molecule has 1 amide bonds. The Morgan fingerprint density at radius 1 is 1.14 bits per heavy atom. The van der Waals surface area contributed by atoms with Crippen molar-refractivity contribution in [2.75, 3.05) is 12.4 Å². The van der Waals surface area contributed by atoms with Crippen LogP contribution in [0.3, 0.4) is 0 Å². The maximum absolute atomic E-state index is 12.0. The number of carbonyl (C=O) groups is 1. The molecule has 0 unspecified atom stereocenters. The quantitative estimate of drug-likeness (QED) is 0.753. The normalized spacial score (nSPS) is 10.6. The summed E-state index contributed by atoms with van der Waals surface area (Å²) >= 11 is 0. The summed E-state index contributed by atoms with van der Waals surface area (Å²) in [6.45, 7) is 0. The van der Waals surface area contributed by atoms with Gasteiger partial charge in [0, 0.05) is 29.2 Å². The lowest BCUT2D eigenvalue weighted by Crippen LogP contribution is -2.12. The van der Waals surface area contributed by atoms with Gasteiger partial charge in [0.25, 0.3) is 0 Å². The van der Waals surface area contributed by atoms with E-state index in [0.717, 1.165) is 27.9 Å². The summed E-state index contributed by atoms with van der Waals surface area (Å²) in [7, 11) is 1.64. The Kier molecular flexibility index (Phi) is 4.10. The Bertz CT molecular complexity index is 775. The zero-order valence-corrected chi connectivity index (χ0v) is 12.4. The summed E-state index contributed by atoms with van der Waals surface area (Å²) in [5.41, 5.74) is 3.01. The molecule has 0 saturated carbocycles. The minimum absolute atomic E-state index is 0.0192. The molecule has 4 heteroatoms. The molecule has 0 radical (unpaired) electrons. The third kappa shape index (κ3) is 3.28. The number of hydrogen-bond acceptors (Lipinski definition) is 2. The van der Waals surface area contributed by atoms with Gasteiger partial charge in [0.2, 0.25) is 5.91 Å². The second-order valence-electron chi connectivity index (χ2n) is 5.18. The van der Waals surface area contributed by atoms with Crippen molar-refractivity contribution in [2.45, 2.75) is 12.8 Å². The van der Waals surface area contributed by atoms with Crippen LogP contribution in [-0.4, -0.2) is 18.0 Å². The molecule has 0 bridgehead atoms. The van der Waals surface area contributed by atoms with Crippen LogP contribution in [0.2, 0.25) is 0 Å². The monoisotopic (exact) mass is 294 g/mol. The number of carbonyl (C=O) groups excluding carboxylic acids is 1. The fourth-order valence-electron chi connectivity index (χ4n) is 2.40. The molecule has 1 aromatic heterocycles. The van der Waals surface area contributed by atoms with E-state index in [2.05, 4.69) is 10.3 Å². The van der Waals surface area contributed by atoms with Gasteiger partial charge in [-0.25, -0.2) is 0 Å². The van der Waals surface area contributed by atoms with Crippen molar-refractivity contribution in [1.29, 1.82) is 0 Å². The summed E-state index contributed by atoms with van der Waals surface area (Å²) in [4.78, 5) is 15.2. The van der Waals surface area contributed by atoms with E-state index >= 15 is 0 Å². The van der Waals surface area contributed by atoms with Gasteiger partial charge in [-0.2, -0.15) is 0 Å². The van der Waals surface area contributed by atoms with Crippen molar-refractivity contribution in [3.8, 4) is 5.75 Å². The highest BCUT2D eigenvalue weighted by atomic mass is 16.5. The molecule has 22 heavy (non-hydrogen) atoms. The lowest BCUT2D eigenvalue weighted by Gasteiger charge is -2.06. The number of H-pyrrole nitrogens is 1. The van der Waals surface area contributed by atoms with Crippen LogP contribution in [0.1, 0.15) is 12.0 Å². The van der Waals surface area contributed by atoms with E-state index in [1.54, 1.807) is 7.11 Å². The Morgan fingerprint density at radius 3 is 2.73 bits per heavy atom. The van der Waals surface area contributed by atoms with E-state index in [9.17, 15) is 4.79 Å². The van der Waals surface area contributed by atoms with Crippen molar-refractivity contribution in [1.82, 2.24) is 4.98 Å². The first-order valence-corrected chi connectivity index (χ1v) is 7.24. The number of aromatic nitrogens is 1. The first-order chi connectivity index (χ1) is 10.7. The molecule has 0 aliphatic heterocycles. The summed E-state index contributed by atoms with van der Waals surface area (Å²) in [5.74, 6) is 0.846. The predicted molar refractivity (Wildman–Crippen MR) is 88.2 cm³/mol. The number of benzene rings is 2. The number of nitrogens with one attached hydrogen (secondary N) is 2. The molecule has 3 rings (SSSR count). The van der Waals surface area contributed by atoms with Gasteiger partial charge in [-0.1, -0.05) is 12.1 Å². The first kappa shape index (κ1) is 14.2. The number of hydrogen-bond donors (Lipinski definition) is 2. The number of fused-ring (bicyclic) bond motifs is 1. The van der Waals surface area contributed by atoms with Gasteiger partial charge in [-0.05, 0) is 48.4 Å². The highest BCUT2D eigenvalue weighted by Crippen LogP contribution is 2.18. The van der Waals surface area contributed by atoms with Gasteiger partial charge in [-0.15, -0.1) is 0 Å². The average Bonchev–Trinajstić information content (AvgIpc) is 3.01. The molecule has 3 aromatic rings. The third-order valence-corrected chi connectivity index (χ3v) is 3.64. The minimum Gasteiger partial charge on any atom is -0.497 e. The molecule has 2 N–H and O–H groups in total. The lowest BCUT2D eigenvalue weighted by atomic mass is 10.1. The average molecular weight is 294 g/mol. The Hall–Kier alpha value is -2.75. The summed E-state index contributed by atoms with van der Waals surface area (Å²) in [6, 6.07) is 15.6. The number of anilines is 1. The number of ether oxygens (including phenoxy) is 1. The second-order valence-corrected chi connectivity index (χ2v) is 5.18. The van der Waals surface area contributed by atoms with Crippen LogP contribution in [0.5, 0.6) is 5.75 Å². The summed E-state index contributed by atoms with van der Waals surface area (Å²) in [6.07, 6.45) is 3.06. The maximum atomic E-state index is 12.0. The fourth-order valence-corrected chi connectivity index (χ4v) is 2.40. The van der Waals surface area contributed by atoms with E-state index in [0.29, 0.717) is 12.8 Å². The molecule has 0 aliphatic carbocycles. The number of aryl methyl sites for hydroxylation is 1. The largest absolute Gasteiger partial charge is 0.497 e. The number of methoxy groups -OCH3 is 1. The number of amides is 1. The standard InChI is InChI=1S/C18H18N2O2/c1-22-16-6-2-13(3-7-16)4-9-18(21)20-15-5-8-17-14(12-15)10-11-19-17/h2-3,5-8,10-12,19H,4,9H2,1H3,(H,20,21). The molecule has 0 fully saturated rings. The van der Waals surface area contributed by atoms with Crippen molar-refractivity contribution in [3.63, 3.8) is 0 Å². The highest BCUT2D eigenvalue weighted by molar-refractivity contribution is 5.93. The van der Waals surface area contributed by atoms with Crippen LogP contribution in [-0.2, 0) is 11.2 Å². The van der Waals surface area contributed by atoms with Crippen LogP contribution in [0.15, 0.2) is 54.7 Å². The Balaban J connectivity index is 1.57. The molecule has 0 saturated heterocycles. The first-order valence-electron chi connectivity index (χ1n) is 7.24. The summed E-state index contributed by atoms with van der Waals surface area (Å²) in [5, 5.41) is 4.03. The predicted octanol–water partition coefficient (Wildman–Crippen LogP) is 3.75. The molecule has 1 heterocycles. The van der Waals surface area contributed by atoms with Crippen LogP contribution < -0.4 is 10.1 Å². The molecule has 0 atom stereocenters. The van der Waals surface area contributed by atoms with Crippen LogP contribution in [0.4, 0.5) is 5.69 Å². The molecular formula is C18H18N2O2. The minimum atomic E-state index is 0.0192. The van der Waals surface area contributed by atoms with Gasteiger partial charge in [0.1, 0.15) is 5.75 Å². The molecule has 112 valence electrons. The Morgan fingerprint density at radius 2 is 1.95 bits per heavy atom. The van der Waals surface area contributed by atoms with Gasteiger partial charge < -0.3 is 15.0 Å². The molecular weight excluding hydrogens is 276 g/mol. The van der Waals surface area contributed by atoms with Crippen LogP contribution in [0.25, 0.3) is 10.9 Å². The smallest absolute Gasteiger partial charge is 0.224 e. The highest BCUT2D eigenvalue weighted by Gasteiger charge is 2.04. The molecule has 0 aliphatic rings. The van der Waals surface area contributed by atoms with E-state index in [-0.39, 0.29) is 5.91 Å². The van der Waals surface area contributed by atoms with E-state index in [4.69, 9.17) is 4.74 Å². The van der Waals surface area contributed by atoms with E-state index < -0.39 is 0 Å². The van der Waals surface area contributed by atoms with E-state index in [1.165, 1.54) is 0 Å². The summed E-state index contributed by atoms with van der Waals surface area (Å²) < 4.78 is 5.12. The topological polar surface area (TPSA) is 54.1 Å². The van der Waals surface area contributed by atoms with Crippen molar-refractivity contribution < 1.29 is 9.53 Å². The van der Waals surface area contributed by atoms with Gasteiger partial charge in [0.05, 0.1) is 7.11 Å². The van der Waals surface area contributed by atoms with Crippen molar-refractivity contribution in [2.24, 2.45) is 0 Å². The van der Waals surface area contributed by atoms with Gasteiger partial charge in [0.15, 0.2) is 0 Å². The number of rotatable bonds is 5. The molecule has 2 aromatic carbocycles. The SMILES string of the molecule is COc1ccc(CCC(=O)Nc2ccc3[nH]ccc3c2)cc1. The fraction of sp³-hybridized carbons (Fsp3) is 0.167. The van der Waals surface area contributed by atoms with Crippen molar-refractivity contribution >= 4 is 22.5 Å². The Labute approximate surface area is 129 Å². The molecule has 4 nitrogen and oxygen atoms in total. The maximum Gasteiger partial charge on any atom is 0.224 e. The zero-order valence-electron chi connectivity index (χ0n) is 12.4. The molecule has 0 spiro atoms. The zero-order chi connectivity index (χ0) is 15.4. The lowest BCUT2D eigenvalue weighted by molar-refractivity contribution is -0.116. The van der Waals surface area contributed by atoms with Crippen LogP contribution in [0, 0.1) is 0 Å². The van der Waals surface area contributed by atoms with Crippen LogP contribution >= 0.6 is 0 Å². The van der Waals surface area contributed by atoms with Gasteiger partial charge in [-0.3, -0.25) is 4.79 Å². The van der Waals surface area contributed by atoms with Gasteiger partial charge >= 0.3 is 0 Å².